The Morgan fingerprint density at radius 1 is 1.16 bits per heavy atom. The summed E-state index contributed by atoms with van der Waals surface area (Å²) in [4.78, 5) is 15.0. The van der Waals surface area contributed by atoms with Gasteiger partial charge in [0, 0.05) is 19.5 Å². The highest BCUT2D eigenvalue weighted by Crippen LogP contribution is 2.22. The molecular weight excluding hydrogens is 430 g/mol. The van der Waals surface area contributed by atoms with E-state index >= 15 is 0 Å². The molecule has 3 atom stereocenters. The quantitative estimate of drug-likeness (QED) is 0.482. The number of carbonyl (C=O) groups is 1. The van der Waals surface area contributed by atoms with Gasteiger partial charge in [-0.05, 0) is 64.3 Å². The lowest BCUT2D eigenvalue weighted by atomic mass is 9.97. The molecule has 9 heteroatoms. The van der Waals surface area contributed by atoms with Crippen LogP contribution in [0.4, 0.5) is 0 Å². The lowest BCUT2D eigenvalue weighted by molar-refractivity contribution is -0.128. The second kappa shape index (κ2) is 12.1. The minimum Gasteiger partial charge on any atom is -0.394 e. The van der Waals surface area contributed by atoms with Crippen LogP contribution in [-0.2, 0) is 19.6 Å². The van der Waals surface area contributed by atoms with E-state index in [9.17, 15) is 18.3 Å². The molecule has 8 nitrogen and oxygen atoms in total. The van der Waals surface area contributed by atoms with Gasteiger partial charge in [0.1, 0.15) is 6.10 Å². The number of nitrogens with zero attached hydrogens (tertiary/aromatic N) is 1. The first-order valence-electron chi connectivity index (χ1n) is 11.7. The molecule has 0 radical (unpaired) electrons. The van der Waals surface area contributed by atoms with Gasteiger partial charge in [0.25, 0.3) is 0 Å². The van der Waals surface area contributed by atoms with Crippen molar-refractivity contribution in [3.63, 3.8) is 0 Å². The summed E-state index contributed by atoms with van der Waals surface area (Å²) in [7, 11) is -3.56. The fraction of sp³-hybridized carbons (Fsp3) is 0.696. The number of sulfonamides is 1. The molecular formula is C23H37N3O5S. The van der Waals surface area contributed by atoms with Crippen LogP contribution in [0.5, 0.6) is 0 Å². The first-order valence-corrected chi connectivity index (χ1v) is 13.2. The Hall–Kier alpha value is -1.52. The van der Waals surface area contributed by atoms with Gasteiger partial charge in [-0.1, -0.05) is 24.1 Å². The number of ether oxygens (including phenoxy) is 1. The van der Waals surface area contributed by atoms with E-state index in [-0.39, 0.29) is 36.1 Å². The predicted molar refractivity (Wildman–Crippen MR) is 123 cm³/mol. The maximum absolute atomic E-state index is 12.4. The minimum absolute atomic E-state index is 0.00747. The number of aliphatic hydroxyl groups is 1. The van der Waals surface area contributed by atoms with E-state index in [1.54, 1.807) is 24.3 Å². The van der Waals surface area contributed by atoms with Gasteiger partial charge in [-0.3, -0.25) is 4.79 Å². The molecule has 32 heavy (non-hydrogen) atoms. The van der Waals surface area contributed by atoms with Crippen molar-refractivity contribution in [2.45, 2.75) is 75.0 Å². The summed E-state index contributed by atoms with van der Waals surface area (Å²) in [5.41, 5.74) is 1.00. The van der Waals surface area contributed by atoms with Crippen LogP contribution in [0.15, 0.2) is 29.2 Å². The average molecular weight is 468 g/mol. The lowest BCUT2D eigenvalue weighted by Gasteiger charge is -2.36. The fourth-order valence-corrected chi connectivity index (χ4v) is 5.43. The molecule has 2 heterocycles. The highest BCUT2D eigenvalue weighted by molar-refractivity contribution is 7.89. The summed E-state index contributed by atoms with van der Waals surface area (Å²) in [6, 6.07) is 6.51. The highest BCUT2D eigenvalue weighted by Gasteiger charge is 2.32. The number of carbonyl (C=O) groups excluding carboxylic acids is 1. The third-order valence-electron chi connectivity index (χ3n) is 6.34. The third kappa shape index (κ3) is 7.52. The first kappa shape index (κ1) is 25.1. The maximum atomic E-state index is 12.4. The number of hydrogen-bond acceptors (Lipinski definition) is 6. The lowest BCUT2D eigenvalue weighted by Crippen LogP contribution is -2.51. The highest BCUT2D eigenvalue weighted by atomic mass is 32.2. The van der Waals surface area contributed by atoms with Crippen molar-refractivity contribution in [1.29, 1.82) is 0 Å². The Balaban J connectivity index is 1.39. The van der Waals surface area contributed by atoms with Gasteiger partial charge in [-0.25, -0.2) is 13.1 Å². The standard InChI is InChI=1S/C23H37N3O5S/c1-18-5-8-20(9-6-18)32(29,30)24-13-11-19-7-10-21(22(17-27)31-19)25-23(28)12-16-26-14-3-2-4-15-26/h5-6,8-9,19,21-22,24,27H,2-4,7,10-17H2,1H3,(H,25,28)/t19-,21-,22+/m1/s1. The van der Waals surface area contributed by atoms with Crippen molar-refractivity contribution in [3.05, 3.63) is 29.8 Å². The topological polar surface area (TPSA) is 108 Å². The van der Waals surface area contributed by atoms with Gasteiger partial charge in [0.05, 0.1) is 23.6 Å². The average Bonchev–Trinajstić information content (AvgIpc) is 2.79. The minimum atomic E-state index is -3.56. The van der Waals surface area contributed by atoms with Crippen molar-refractivity contribution < 1.29 is 23.1 Å². The largest absolute Gasteiger partial charge is 0.394 e. The van der Waals surface area contributed by atoms with E-state index in [2.05, 4.69) is 14.9 Å². The van der Waals surface area contributed by atoms with Crippen molar-refractivity contribution in [3.8, 4) is 0 Å². The van der Waals surface area contributed by atoms with Gasteiger partial charge in [0.2, 0.25) is 15.9 Å². The van der Waals surface area contributed by atoms with E-state index in [0.717, 1.165) is 25.2 Å². The molecule has 0 spiro atoms. The summed E-state index contributed by atoms with van der Waals surface area (Å²) < 4.78 is 33.4. The molecule has 3 N–H and O–H groups in total. The molecule has 0 aliphatic carbocycles. The summed E-state index contributed by atoms with van der Waals surface area (Å²) in [5, 5.41) is 12.8. The summed E-state index contributed by atoms with van der Waals surface area (Å²) >= 11 is 0. The molecule has 0 bridgehead atoms. The van der Waals surface area contributed by atoms with E-state index in [1.165, 1.54) is 19.3 Å². The zero-order chi connectivity index (χ0) is 23.0. The monoisotopic (exact) mass is 467 g/mol. The van der Waals surface area contributed by atoms with Gasteiger partial charge in [-0.2, -0.15) is 0 Å². The van der Waals surface area contributed by atoms with Crippen molar-refractivity contribution >= 4 is 15.9 Å². The molecule has 0 unspecified atom stereocenters. The number of hydrogen-bond donors (Lipinski definition) is 3. The molecule has 1 amide bonds. The third-order valence-corrected chi connectivity index (χ3v) is 7.81. The fourth-order valence-electron chi connectivity index (χ4n) is 4.39. The number of benzene rings is 1. The Morgan fingerprint density at radius 3 is 2.56 bits per heavy atom. The molecule has 2 fully saturated rings. The number of likely N-dealkylation sites (tertiary alicyclic amines) is 1. The molecule has 2 aliphatic heterocycles. The molecule has 2 aliphatic rings. The van der Waals surface area contributed by atoms with E-state index in [4.69, 9.17) is 4.74 Å². The number of aliphatic hydroxyl groups excluding tert-OH is 1. The summed E-state index contributed by atoms with van der Waals surface area (Å²) in [6.45, 7) is 4.89. The van der Waals surface area contributed by atoms with E-state index < -0.39 is 16.1 Å². The molecule has 3 rings (SSSR count). The van der Waals surface area contributed by atoms with Crippen molar-refractivity contribution in [1.82, 2.24) is 14.9 Å². The van der Waals surface area contributed by atoms with Crippen LogP contribution in [0.2, 0.25) is 0 Å². The number of nitrogens with one attached hydrogen (secondary N) is 2. The number of amides is 1. The van der Waals surface area contributed by atoms with Crippen molar-refractivity contribution in [2.75, 3.05) is 32.8 Å². The molecule has 0 saturated carbocycles. The van der Waals surface area contributed by atoms with Crippen LogP contribution in [0.25, 0.3) is 0 Å². The molecule has 0 aromatic heterocycles. The predicted octanol–water partition coefficient (Wildman–Crippen LogP) is 1.56. The Kier molecular flexibility index (Phi) is 9.48. The maximum Gasteiger partial charge on any atom is 0.240 e. The molecule has 1 aromatic carbocycles. The van der Waals surface area contributed by atoms with Crippen LogP contribution < -0.4 is 10.0 Å². The van der Waals surface area contributed by atoms with Gasteiger partial charge >= 0.3 is 0 Å². The number of aryl methyl sites for hydroxylation is 1. The Labute approximate surface area is 191 Å². The van der Waals surface area contributed by atoms with Gasteiger partial charge in [0.15, 0.2) is 0 Å². The van der Waals surface area contributed by atoms with Crippen LogP contribution in [0.1, 0.15) is 50.5 Å². The van der Waals surface area contributed by atoms with E-state index in [0.29, 0.717) is 25.7 Å². The van der Waals surface area contributed by atoms with Crippen LogP contribution in [0, 0.1) is 6.92 Å². The first-order chi connectivity index (χ1) is 15.4. The zero-order valence-electron chi connectivity index (χ0n) is 19.0. The number of piperidine rings is 1. The Bertz CT molecular complexity index is 825. The van der Waals surface area contributed by atoms with Gasteiger partial charge < -0.3 is 20.1 Å². The molecule has 2 saturated heterocycles. The smallest absolute Gasteiger partial charge is 0.240 e. The molecule has 1 aromatic rings. The second-order valence-electron chi connectivity index (χ2n) is 8.88. The normalized spacial score (nSPS) is 24.9. The van der Waals surface area contributed by atoms with Crippen LogP contribution >= 0.6 is 0 Å². The van der Waals surface area contributed by atoms with Gasteiger partial charge in [-0.15, -0.1) is 0 Å². The van der Waals surface area contributed by atoms with E-state index in [1.807, 2.05) is 6.92 Å². The van der Waals surface area contributed by atoms with Crippen molar-refractivity contribution in [2.24, 2.45) is 0 Å². The van der Waals surface area contributed by atoms with Crippen LogP contribution in [0.3, 0.4) is 0 Å². The van der Waals surface area contributed by atoms with Crippen LogP contribution in [-0.4, -0.2) is 75.4 Å². The number of rotatable bonds is 10. The SMILES string of the molecule is Cc1ccc(S(=O)(=O)NCC[C@H]2CC[C@@H](NC(=O)CCN3CCCCC3)[C@H](CO)O2)cc1. The molecule has 180 valence electrons. The summed E-state index contributed by atoms with van der Waals surface area (Å²) in [5.74, 6) is -0.00747. The Morgan fingerprint density at radius 2 is 1.88 bits per heavy atom. The second-order valence-corrected chi connectivity index (χ2v) is 10.6. The zero-order valence-corrected chi connectivity index (χ0v) is 19.8. The summed E-state index contributed by atoms with van der Waals surface area (Å²) in [6.07, 6.45) is 5.43.